The van der Waals surface area contributed by atoms with E-state index in [1.54, 1.807) is 24.3 Å². The highest BCUT2D eigenvalue weighted by Gasteiger charge is 2.23. The van der Waals surface area contributed by atoms with E-state index in [1.807, 2.05) is 31.3 Å². The van der Waals surface area contributed by atoms with E-state index in [0.717, 1.165) is 48.9 Å². The molecule has 0 radical (unpaired) electrons. The summed E-state index contributed by atoms with van der Waals surface area (Å²) in [7, 11) is -3.23. The summed E-state index contributed by atoms with van der Waals surface area (Å²) >= 11 is 0. The van der Waals surface area contributed by atoms with E-state index in [0.29, 0.717) is 22.8 Å². The van der Waals surface area contributed by atoms with Crippen LogP contribution in [0.1, 0.15) is 46.7 Å². The Morgan fingerprint density at radius 3 is 2.65 bits per heavy atom. The zero-order valence-corrected chi connectivity index (χ0v) is 18.6. The lowest BCUT2D eigenvalue weighted by Crippen LogP contribution is -2.34. The maximum absolute atomic E-state index is 12.6. The molecular formula is C24H29N3O3S. The number of aromatic nitrogens is 1. The Morgan fingerprint density at radius 2 is 1.94 bits per heavy atom. The Bertz CT molecular complexity index is 1190. The van der Waals surface area contributed by atoms with Crippen molar-refractivity contribution in [2.45, 2.75) is 37.0 Å². The first-order valence-electron chi connectivity index (χ1n) is 10.8. The Kier molecular flexibility index (Phi) is 6.16. The standard InChI is InChI=1S/C24H29N3O3S/c1-17-4-2-5-20(14-17)31(29,30)13-3-10-27-11-8-18(9-12-27)22-16-26-23-7-6-19(24(25)28)15-21(22)23/h2,4-7,14-16,18,26H,3,8-13H2,1H3,(H2,25,28). The fourth-order valence-electron chi connectivity index (χ4n) is 4.51. The predicted octanol–water partition coefficient (Wildman–Crippen LogP) is 3.62. The molecule has 1 fully saturated rings. The third-order valence-corrected chi connectivity index (χ3v) is 8.06. The molecule has 0 atom stereocenters. The van der Waals surface area contributed by atoms with Gasteiger partial charge in [-0.2, -0.15) is 0 Å². The Labute approximate surface area is 183 Å². The number of carbonyl (C=O) groups is 1. The van der Waals surface area contributed by atoms with Crippen molar-refractivity contribution in [1.29, 1.82) is 0 Å². The molecule has 1 aliphatic rings. The number of sulfone groups is 1. The number of nitrogens with zero attached hydrogens (tertiary/aromatic N) is 1. The summed E-state index contributed by atoms with van der Waals surface area (Å²) < 4.78 is 25.2. The molecule has 1 saturated heterocycles. The van der Waals surface area contributed by atoms with Crippen molar-refractivity contribution < 1.29 is 13.2 Å². The average Bonchev–Trinajstić information content (AvgIpc) is 3.17. The number of H-pyrrole nitrogens is 1. The van der Waals surface area contributed by atoms with Crippen LogP contribution in [-0.4, -0.2) is 49.6 Å². The maximum atomic E-state index is 12.6. The van der Waals surface area contributed by atoms with Gasteiger partial charge in [0.1, 0.15) is 0 Å². The van der Waals surface area contributed by atoms with Crippen LogP contribution in [0.25, 0.3) is 10.9 Å². The molecule has 164 valence electrons. The van der Waals surface area contributed by atoms with Gasteiger partial charge in [0.15, 0.2) is 9.84 Å². The number of aromatic amines is 1. The van der Waals surface area contributed by atoms with Crippen LogP contribution in [0, 0.1) is 6.92 Å². The van der Waals surface area contributed by atoms with E-state index in [-0.39, 0.29) is 5.75 Å². The quantitative estimate of drug-likeness (QED) is 0.588. The van der Waals surface area contributed by atoms with Gasteiger partial charge >= 0.3 is 0 Å². The summed E-state index contributed by atoms with van der Waals surface area (Å²) in [6, 6.07) is 12.7. The van der Waals surface area contributed by atoms with Crippen LogP contribution >= 0.6 is 0 Å². The van der Waals surface area contributed by atoms with E-state index in [1.165, 1.54) is 5.56 Å². The average molecular weight is 440 g/mol. The largest absolute Gasteiger partial charge is 0.366 e. The second-order valence-electron chi connectivity index (χ2n) is 8.47. The van der Waals surface area contributed by atoms with Crippen LogP contribution in [0.15, 0.2) is 53.6 Å². The number of primary amides is 1. The molecule has 7 heteroatoms. The number of amides is 1. The van der Waals surface area contributed by atoms with Crippen LogP contribution in [0.2, 0.25) is 0 Å². The summed E-state index contributed by atoms with van der Waals surface area (Å²) in [6.07, 6.45) is 4.71. The molecule has 1 aliphatic heterocycles. The van der Waals surface area contributed by atoms with Gasteiger partial charge in [0, 0.05) is 22.7 Å². The second kappa shape index (κ2) is 8.85. The van der Waals surface area contributed by atoms with E-state index in [4.69, 9.17) is 5.73 Å². The van der Waals surface area contributed by atoms with Crippen LogP contribution in [0.5, 0.6) is 0 Å². The van der Waals surface area contributed by atoms with Crippen molar-refractivity contribution in [3.8, 4) is 0 Å². The number of nitrogens with two attached hydrogens (primary N) is 1. The fraction of sp³-hybridized carbons (Fsp3) is 0.375. The Balaban J connectivity index is 1.33. The van der Waals surface area contributed by atoms with E-state index >= 15 is 0 Å². The van der Waals surface area contributed by atoms with Gasteiger partial charge in [-0.3, -0.25) is 4.79 Å². The number of nitrogens with one attached hydrogen (secondary N) is 1. The highest BCUT2D eigenvalue weighted by atomic mass is 32.2. The highest BCUT2D eigenvalue weighted by molar-refractivity contribution is 7.91. The van der Waals surface area contributed by atoms with Gasteiger partial charge in [-0.25, -0.2) is 8.42 Å². The summed E-state index contributed by atoms with van der Waals surface area (Å²) in [5.74, 6) is 0.183. The molecule has 0 aliphatic carbocycles. The molecule has 6 nitrogen and oxygen atoms in total. The van der Waals surface area contributed by atoms with Gasteiger partial charge in [-0.05, 0) is 93.2 Å². The first kappa shape index (κ1) is 21.6. The Morgan fingerprint density at radius 1 is 1.16 bits per heavy atom. The molecule has 31 heavy (non-hydrogen) atoms. The molecule has 1 amide bonds. The third-order valence-electron chi connectivity index (χ3n) is 6.26. The predicted molar refractivity (Wildman–Crippen MR) is 123 cm³/mol. The zero-order chi connectivity index (χ0) is 22.0. The maximum Gasteiger partial charge on any atom is 0.248 e. The smallest absolute Gasteiger partial charge is 0.248 e. The van der Waals surface area contributed by atoms with Crippen molar-refractivity contribution in [2.75, 3.05) is 25.4 Å². The first-order valence-corrected chi connectivity index (χ1v) is 12.4. The molecule has 1 aromatic heterocycles. The van der Waals surface area contributed by atoms with Gasteiger partial charge in [0.2, 0.25) is 5.91 Å². The minimum Gasteiger partial charge on any atom is -0.366 e. The summed E-state index contributed by atoms with van der Waals surface area (Å²) in [6.45, 7) is 4.58. The summed E-state index contributed by atoms with van der Waals surface area (Å²) in [5, 5.41) is 1.07. The lowest BCUT2D eigenvalue weighted by Gasteiger charge is -2.32. The number of benzene rings is 2. The minimum absolute atomic E-state index is 0.175. The molecule has 0 bridgehead atoms. The van der Waals surface area contributed by atoms with Gasteiger partial charge in [-0.15, -0.1) is 0 Å². The third kappa shape index (κ3) is 4.83. The van der Waals surface area contributed by atoms with Gasteiger partial charge in [0.05, 0.1) is 10.6 Å². The number of carbonyl (C=O) groups excluding carboxylic acids is 1. The number of fused-ring (bicyclic) bond motifs is 1. The van der Waals surface area contributed by atoms with Gasteiger partial charge < -0.3 is 15.6 Å². The monoisotopic (exact) mass is 439 g/mol. The van der Waals surface area contributed by atoms with Crippen LogP contribution < -0.4 is 5.73 Å². The molecule has 0 unspecified atom stereocenters. The Hall–Kier alpha value is -2.64. The summed E-state index contributed by atoms with van der Waals surface area (Å²) in [4.78, 5) is 17.6. The minimum atomic E-state index is -3.23. The lowest BCUT2D eigenvalue weighted by molar-refractivity contribution is 0.100. The van der Waals surface area contributed by atoms with Gasteiger partial charge in [0.25, 0.3) is 0 Å². The number of likely N-dealkylation sites (tertiary alicyclic amines) is 1. The number of piperidine rings is 1. The van der Waals surface area contributed by atoms with Crippen molar-refractivity contribution in [3.05, 3.63) is 65.4 Å². The lowest BCUT2D eigenvalue weighted by atomic mass is 9.89. The van der Waals surface area contributed by atoms with E-state index in [2.05, 4.69) is 9.88 Å². The van der Waals surface area contributed by atoms with Crippen LogP contribution in [-0.2, 0) is 9.84 Å². The van der Waals surface area contributed by atoms with Crippen molar-refractivity contribution in [3.63, 3.8) is 0 Å². The van der Waals surface area contributed by atoms with Crippen molar-refractivity contribution in [2.24, 2.45) is 5.73 Å². The first-order chi connectivity index (χ1) is 14.8. The van der Waals surface area contributed by atoms with Crippen molar-refractivity contribution in [1.82, 2.24) is 9.88 Å². The molecule has 2 aromatic carbocycles. The SMILES string of the molecule is Cc1cccc(S(=O)(=O)CCCN2CCC(c3c[nH]c4ccc(C(N)=O)cc34)CC2)c1. The van der Waals surface area contributed by atoms with E-state index in [9.17, 15) is 13.2 Å². The second-order valence-corrected chi connectivity index (χ2v) is 10.6. The normalized spacial score (nSPS) is 16.0. The number of hydrogen-bond acceptors (Lipinski definition) is 4. The summed E-state index contributed by atoms with van der Waals surface area (Å²) in [5.41, 5.74) is 9.19. The van der Waals surface area contributed by atoms with Crippen LogP contribution in [0.3, 0.4) is 0 Å². The fourth-order valence-corrected chi connectivity index (χ4v) is 5.90. The number of aryl methyl sites for hydroxylation is 1. The molecule has 2 heterocycles. The molecule has 3 aromatic rings. The zero-order valence-electron chi connectivity index (χ0n) is 17.8. The number of hydrogen-bond donors (Lipinski definition) is 2. The number of rotatable bonds is 7. The van der Waals surface area contributed by atoms with Gasteiger partial charge in [-0.1, -0.05) is 12.1 Å². The molecular weight excluding hydrogens is 410 g/mol. The molecule has 4 rings (SSSR count). The molecule has 0 saturated carbocycles. The highest BCUT2D eigenvalue weighted by Crippen LogP contribution is 2.33. The van der Waals surface area contributed by atoms with Crippen molar-refractivity contribution >= 4 is 26.6 Å². The molecule has 0 spiro atoms. The molecule has 3 N–H and O–H groups in total. The topological polar surface area (TPSA) is 96.3 Å². The van der Waals surface area contributed by atoms with Crippen LogP contribution in [0.4, 0.5) is 0 Å². The van der Waals surface area contributed by atoms with E-state index < -0.39 is 15.7 Å².